The summed E-state index contributed by atoms with van der Waals surface area (Å²) in [7, 11) is 0. The summed E-state index contributed by atoms with van der Waals surface area (Å²) >= 11 is 0. The number of carbonyl (C=O) groups is 1. The fourth-order valence-electron chi connectivity index (χ4n) is 2.99. The van der Waals surface area contributed by atoms with Crippen LogP contribution in [-0.4, -0.2) is 18.7 Å². The first-order valence-corrected chi connectivity index (χ1v) is 7.29. The molecule has 3 nitrogen and oxygen atoms in total. The number of rotatable bonds is 3. The topological polar surface area (TPSA) is 38.3 Å². The molecule has 0 aromatic carbocycles. The summed E-state index contributed by atoms with van der Waals surface area (Å²) in [5, 5.41) is 2.94. The maximum Gasteiger partial charge on any atom is 0.407 e. The van der Waals surface area contributed by atoms with E-state index in [0.717, 1.165) is 19.4 Å². The fourth-order valence-corrected chi connectivity index (χ4v) is 2.99. The first-order valence-electron chi connectivity index (χ1n) is 7.29. The third kappa shape index (κ3) is 4.57. The van der Waals surface area contributed by atoms with Crippen molar-refractivity contribution in [1.82, 2.24) is 5.32 Å². The molecule has 1 N–H and O–H groups in total. The molecule has 2 rings (SSSR count). The smallest absolute Gasteiger partial charge is 0.407 e. The lowest BCUT2D eigenvalue weighted by Gasteiger charge is -2.24. The Hall–Kier alpha value is -0.730. The zero-order valence-electron chi connectivity index (χ0n) is 10.7. The first kappa shape index (κ1) is 12.7. The molecule has 0 aliphatic heterocycles. The Morgan fingerprint density at radius 3 is 2.18 bits per heavy atom. The van der Waals surface area contributed by atoms with Crippen LogP contribution in [0.2, 0.25) is 0 Å². The van der Waals surface area contributed by atoms with Crippen LogP contribution in [0.3, 0.4) is 0 Å². The Kier molecular flexibility index (Phi) is 5.14. The molecule has 0 aromatic rings. The van der Waals surface area contributed by atoms with Crippen LogP contribution in [0.5, 0.6) is 0 Å². The molecular formula is C14H25NO2. The Labute approximate surface area is 104 Å². The van der Waals surface area contributed by atoms with Crippen LogP contribution in [0.4, 0.5) is 4.79 Å². The molecule has 0 heterocycles. The van der Waals surface area contributed by atoms with Gasteiger partial charge in [-0.25, -0.2) is 4.79 Å². The van der Waals surface area contributed by atoms with Crippen LogP contribution in [-0.2, 0) is 4.74 Å². The van der Waals surface area contributed by atoms with E-state index in [1.165, 1.54) is 51.4 Å². The summed E-state index contributed by atoms with van der Waals surface area (Å²) in [5.41, 5.74) is 0. The van der Waals surface area contributed by atoms with Crippen LogP contribution < -0.4 is 5.32 Å². The predicted molar refractivity (Wildman–Crippen MR) is 67.9 cm³/mol. The summed E-state index contributed by atoms with van der Waals surface area (Å²) in [6, 6.07) is 0. The van der Waals surface area contributed by atoms with Crippen LogP contribution in [0.25, 0.3) is 0 Å². The van der Waals surface area contributed by atoms with Gasteiger partial charge in [-0.1, -0.05) is 25.7 Å². The van der Waals surface area contributed by atoms with Gasteiger partial charge >= 0.3 is 6.09 Å². The molecule has 17 heavy (non-hydrogen) atoms. The molecule has 0 atom stereocenters. The van der Waals surface area contributed by atoms with E-state index in [1.807, 2.05) is 0 Å². The van der Waals surface area contributed by atoms with Crippen molar-refractivity contribution >= 4 is 6.09 Å². The van der Waals surface area contributed by atoms with Gasteiger partial charge in [0.15, 0.2) is 0 Å². The maximum absolute atomic E-state index is 11.6. The van der Waals surface area contributed by atoms with Gasteiger partial charge in [-0.15, -0.1) is 0 Å². The third-order valence-corrected chi connectivity index (χ3v) is 4.09. The first-order chi connectivity index (χ1) is 8.34. The van der Waals surface area contributed by atoms with E-state index in [-0.39, 0.29) is 12.2 Å². The summed E-state index contributed by atoms with van der Waals surface area (Å²) < 4.78 is 5.43. The summed E-state index contributed by atoms with van der Waals surface area (Å²) in [5.74, 6) is 0.683. The highest BCUT2D eigenvalue weighted by Gasteiger charge is 2.19. The molecule has 0 radical (unpaired) electrons. The molecule has 98 valence electrons. The van der Waals surface area contributed by atoms with Crippen molar-refractivity contribution in [1.29, 1.82) is 0 Å². The SMILES string of the molecule is O=C(NCC1CCCCC1)OC1CCCCC1. The zero-order valence-corrected chi connectivity index (χ0v) is 10.7. The quantitative estimate of drug-likeness (QED) is 0.816. The molecule has 0 spiro atoms. The summed E-state index contributed by atoms with van der Waals surface area (Å²) in [6.45, 7) is 0.811. The second-order valence-electron chi connectivity index (χ2n) is 5.55. The second-order valence-corrected chi connectivity index (χ2v) is 5.55. The van der Waals surface area contributed by atoms with Gasteiger partial charge in [-0.2, -0.15) is 0 Å². The lowest BCUT2D eigenvalue weighted by molar-refractivity contribution is 0.0740. The van der Waals surface area contributed by atoms with E-state index in [0.29, 0.717) is 5.92 Å². The molecule has 2 fully saturated rings. The van der Waals surface area contributed by atoms with Gasteiger partial charge in [-0.3, -0.25) is 0 Å². The normalized spacial score (nSPS) is 23.3. The van der Waals surface area contributed by atoms with Crippen LogP contribution in [0.1, 0.15) is 64.2 Å². The predicted octanol–water partition coefficient (Wildman–Crippen LogP) is 3.63. The Morgan fingerprint density at radius 1 is 0.941 bits per heavy atom. The van der Waals surface area contributed by atoms with Crippen LogP contribution in [0.15, 0.2) is 0 Å². The molecule has 1 amide bonds. The standard InChI is InChI=1S/C14H25NO2/c16-14(17-13-9-5-2-6-10-13)15-11-12-7-3-1-4-8-12/h12-13H,1-11H2,(H,15,16). The van der Waals surface area contributed by atoms with E-state index in [2.05, 4.69) is 5.32 Å². The van der Waals surface area contributed by atoms with Gasteiger partial charge in [0, 0.05) is 6.54 Å². The highest BCUT2D eigenvalue weighted by atomic mass is 16.6. The van der Waals surface area contributed by atoms with E-state index in [1.54, 1.807) is 0 Å². The van der Waals surface area contributed by atoms with Crippen molar-refractivity contribution < 1.29 is 9.53 Å². The van der Waals surface area contributed by atoms with E-state index < -0.39 is 0 Å². The highest BCUT2D eigenvalue weighted by molar-refractivity contribution is 5.67. The third-order valence-electron chi connectivity index (χ3n) is 4.09. The average molecular weight is 239 g/mol. The Bertz CT molecular complexity index is 230. The number of nitrogens with one attached hydrogen (secondary N) is 1. The van der Waals surface area contributed by atoms with Crippen molar-refractivity contribution in [3.05, 3.63) is 0 Å². The van der Waals surface area contributed by atoms with Crippen LogP contribution in [0, 0.1) is 5.92 Å². The molecule has 2 saturated carbocycles. The molecule has 2 aliphatic rings. The van der Waals surface area contributed by atoms with Crippen molar-refractivity contribution in [3.8, 4) is 0 Å². The lowest BCUT2D eigenvalue weighted by Crippen LogP contribution is -2.34. The molecule has 2 aliphatic carbocycles. The minimum absolute atomic E-state index is 0.176. The largest absolute Gasteiger partial charge is 0.446 e. The highest BCUT2D eigenvalue weighted by Crippen LogP contribution is 2.23. The molecule has 0 bridgehead atoms. The summed E-state index contributed by atoms with van der Waals surface area (Å²) in [4.78, 5) is 11.6. The van der Waals surface area contributed by atoms with Gasteiger partial charge in [0.1, 0.15) is 6.10 Å². The van der Waals surface area contributed by atoms with E-state index >= 15 is 0 Å². The zero-order chi connectivity index (χ0) is 11.9. The molecule has 0 saturated heterocycles. The number of carbonyl (C=O) groups excluding carboxylic acids is 1. The van der Waals surface area contributed by atoms with E-state index in [9.17, 15) is 4.79 Å². The molecule has 0 unspecified atom stereocenters. The maximum atomic E-state index is 11.6. The number of hydrogen-bond donors (Lipinski definition) is 1. The lowest BCUT2D eigenvalue weighted by atomic mass is 9.89. The number of ether oxygens (including phenoxy) is 1. The van der Waals surface area contributed by atoms with Crippen molar-refractivity contribution in [2.45, 2.75) is 70.3 Å². The number of hydrogen-bond acceptors (Lipinski definition) is 2. The minimum Gasteiger partial charge on any atom is -0.446 e. The fraction of sp³-hybridized carbons (Fsp3) is 0.929. The van der Waals surface area contributed by atoms with Crippen molar-refractivity contribution in [2.75, 3.05) is 6.54 Å². The van der Waals surface area contributed by atoms with Gasteiger partial charge < -0.3 is 10.1 Å². The van der Waals surface area contributed by atoms with E-state index in [4.69, 9.17) is 4.74 Å². The Balaban J connectivity index is 1.59. The summed E-state index contributed by atoms with van der Waals surface area (Å²) in [6.07, 6.45) is 12.3. The van der Waals surface area contributed by atoms with Gasteiger partial charge in [0.2, 0.25) is 0 Å². The van der Waals surface area contributed by atoms with Gasteiger partial charge in [0.25, 0.3) is 0 Å². The van der Waals surface area contributed by atoms with Crippen LogP contribution >= 0.6 is 0 Å². The van der Waals surface area contributed by atoms with Gasteiger partial charge in [-0.05, 0) is 44.4 Å². The van der Waals surface area contributed by atoms with Crippen molar-refractivity contribution in [3.63, 3.8) is 0 Å². The minimum atomic E-state index is -0.192. The molecule has 0 aromatic heterocycles. The molecular weight excluding hydrogens is 214 g/mol. The molecule has 3 heteroatoms. The average Bonchev–Trinajstić information content (AvgIpc) is 2.39. The van der Waals surface area contributed by atoms with Gasteiger partial charge in [0.05, 0.1) is 0 Å². The Morgan fingerprint density at radius 2 is 1.53 bits per heavy atom. The number of amides is 1. The van der Waals surface area contributed by atoms with Crippen molar-refractivity contribution in [2.24, 2.45) is 5.92 Å². The second kappa shape index (κ2) is 6.87. The monoisotopic (exact) mass is 239 g/mol. The number of alkyl carbamates (subject to hydrolysis) is 1.